The zero-order chi connectivity index (χ0) is 15.2. The number of carbonyl (C=O) groups is 1. The fourth-order valence-electron chi connectivity index (χ4n) is 2.08. The van der Waals surface area contributed by atoms with Crippen LogP contribution in [0, 0.1) is 13.8 Å². The fourth-order valence-corrected chi connectivity index (χ4v) is 2.08. The highest BCUT2D eigenvalue weighted by Crippen LogP contribution is 2.23. The zero-order valence-electron chi connectivity index (χ0n) is 12.6. The third-order valence-electron chi connectivity index (χ3n) is 3.01. The number of aromatic nitrogens is 1. The number of hydrogen-bond donors (Lipinski definition) is 0. The Balaban J connectivity index is 2.26. The maximum atomic E-state index is 12.1. The van der Waals surface area contributed by atoms with Crippen molar-refractivity contribution >= 4 is 5.97 Å². The van der Waals surface area contributed by atoms with Crippen LogP contribution in [0.1, 0.15) is 34.1 Å². The highest BCUT2D eigenvalue weighted by molar-refractivity contribution is 5.93. The topological polar surface area (TPSA) is 48.4 Å². The monoisotopic (exact) mass is 285 g/mol. The van der Waals surface area contributed by atoms with Crippen LogP contribution >= 0.6 is 0 Å². The van der Waals surface area contributed by atoms with Crippen molar-refractivity contribution in [3.63, 3.8) is 0 Å². The summed E-state index contributed by atoms with van der Waals surface area (Å²) in [6.07, 6.45) is 0. The number of benzene rings is 1. The Morgan fingerprint density at radius 3 is 2.57 bits per heavy atom. The van der Waals surface area contributed by atoms with Crippen LogP contribution in [-0.4, -0.2) is 17.6 Å². The van der Waals surface area contributed by atoms with E-state index in [1.165, 1.54) is 0 Å². The molecule has 0 amide bonds. The average molecular weight is 285 g/mol. The van der Waals surface area contributed by atoms with Crippen molar-refractivity contribution in [1.82, 2.24) is 4.98 Å². The van der Waals surface area contributed by atoms with E-state index in [9.17, 15) is 4.79 Å². The number of nitrogens with zero attached hydrogens (tertiary/aromatic N) is 1. The molecule has 0 fully saturated rings. The average Bonchev–Trinajstić information content (AvgIpc) is 2.45. The van der Waals surface area contributed by atoms with Crippen LogP contribution in [-0.2, 0) is 11.3 Å². The van der Waals surface area contributed by atoms with E-state index in [2.05, 4.69) is 4.98 Å². The standard InChI is InChI=1S/C17H19NO3/c1-4-20-17(19)15-12(2)10-13(3)18-16(15)21-11-14-8-6-5-7-9-14/h5-10H,4,11H2,1-3H3. The highest BCUT2D eigenvalue weighted by Gasteiger charge is 2.19. The molecule has 1 heterocycles. The molecule has 1 aromatic carbocycles. The Bertz CT molecular complexity index is 623. The van der Waals surface area contributed by atoms with Crippen molar-refractivity contribution in [3.8, 4) is 5.88 Å². The summed E-state index contributed by atoms with van der Waals surface area (Å²) in [6, 6.07) is 11.6. The van der Waals surface area contributed by atoms with Gasteiger partial charge in [-0.15, -0.1) is 0 Å². The van der Waals surface area contributed by atoms with E-state index in [-0.39, 0.29) is 0 Å². The third-order valence-corrected chi connectivity index (χ3v) is 3.01. The minimum absolute atomic E-state index is 0.324. The molecular weight excluding hydrogens is 266 g/mol. The van der Waals surface area contributed by atoms with E-state index in [4.69, 9.17) is 9.47 Å². The van der Waals surface area contributed by atoms with Gasteiger partial charge >= 0.3 is 5.97 Å². The number of pyridine rings is 1. The maximum absolute atomic E-state index is 12.1. The van der Waals surface area contributed by atoms with Gasteiger partial charge in [-0.25, -0.2) is 9.78 Å². The molecule has 0 saturated carbocycles. The van der Waals surface area contributed by atoms with Crippen molar-refractivity contribution in [3.05, 3.63) is 58.8 Å². The summed E-state index contributed by atoms with van der Waals surface area (Å²) >= 11 is 0. The summed E-state index contributed by atoms with van der Waals surface area (Å²) < 4.78 is 10.8. The van der Waals surface area contributed by atoms with Crippen molar-refractivity contribution in [2.75, 3.05) is 6.61 Å². The summed E-state index contributed by atoms with van der Waals surface area (Å²) in [5, 5.41) is 0. The SMILES string of the molecule is CCOC(=O)c1c(C)cc(C)nc1OCc1ccccc1. The Kier molecular flexibility index (Phi) is 4.93. The van der Waals surface area contributed by atoms with Gasteiger partial charge in [0.1, 0.15) is 12.2 Å². The van der Waals surface area contributed by atoms with E-state index in [0.717, 1.165) is 16.8 Å². The second-order valence-corrected chi connectivity index (χ2v) is 4.76. The lowest BCUT2D eigenvalue weighted by atomic mass is 10.1. The quantitative estimate of drug-likeness (QED) is 0.789. The minimum atomic E-state index is -0.398. The highest BCUT2D eigenvalue weighted by atomic mass is 16.5. The number of hydrogen-bond acceptors (Lipinski definition) is 4. The Morgan fingerprint density at radius 1 is 1.19 bits per heavy atom. The largest absolute Gasteiger partial charge is 0.472 e. The van der Waals surface area contributed by atoms with Gasteiger partial charge in [0, 0.05) is 5.69 Å². The lowest BCUT2D eigenvalue weighted by molar-refractivity contribution is 0.0519. The zero-order valence-corrected chi connectivity index (χ0v) is 12.6. The van der Waals surface area contributed by atoms with E-state index in [1.807, 2.05) is 50.2 Å². The van der Waals surface area contributed by atoms with Crippen molar-refractivity contribution in [2.45, 2.75) is 27.4 Å². The molecule has 0 bridgehead atoms. The number of aryl methyl sites for hydroxylation is 2. The second kappa shape index (κ2) is 6.88. The van der Waals surface area contributed by atoms with E-state index in [1.54, 1.807) is 6.92 Å². The van der Waals surface area contributed by atoms with Crippen LogP contribution < -0.4 is 4.74 Å². The molecule has 1 aromatic heterocycles. The molecule has 2 rings (SSSR count). The summed E-state index contributed by atoms with van der Waals surface area (Å²) in [5.74, 6) is -0.0691. The van der Waals surface area contributed by atoms with Gasteiger partial charge in [0.05, 0.1) is 6.61 Å². The van der Waals surface area contributed by atoms with Gasteiger partial charge in [0.15, 0.2) is 0 Å². The maximum Gasteiger partial charge on any atom is 0.343 e. The smallest absolute Gasteiger partial charge is 0.343 e. The summed E-state index contributed by atoms with van der Waals surface area (Å²) in [7, 11) is 0. The van der Waals surface area contributed by atoms with Crippen LogP contribution in [0.15, 0.2) is 36.4 Å². The van der Waals surface area contributed by atoms with Gasteiger partial charge in [-0.1, -0.05) is 30.3 Å². The first-order valence-corrected chi connectivity index (χ1v) is 6.94. The predicted molar refractivity (Wildman–Crippen MR) is 80.4 cm³/mol. The summed E-state index contributed by atoms with van der Waals surface area (Å²) in [4.78, 5) is 16.4. The number of ether oxygens (including phenoxy) is 2. The summed E-state index contributed by atoms with van der Waals surface area (Å²) in [5.41, 5.74) is 3.04. The summed E-state index contributed by atoms with van der Waals surface area (Å²) in [6.45, 7) is 6.19. The molecule has 2 aromatic rings. The van der Waals surface area contributed by atoms with Gasteiger partial charge in [0.25, 0.3) is 0 Å². The van der Waals surface area contributed by atoms with Crippen LogP contribution in [0.25, 0.3) is 0 Å². The second-order valence-electron chi connectivity index (χ2n) is 4.76. The Morgan fingerprint density at radius 2 is 1.90 bits per heavy atom. The minimum Gasteiger partial charge on any atom is -0.472 e. The van der Waals surface area contributed by atoms with E-state index in [0.29, 0.717) is 24.7 Å². The first-order valence-electron chi connectivity index (χ1n) is 6.94. The van der Waals surface area contributed by atoms with E-state index >= 15 is 0 Å². The Labute approximate surface area is 124 Å². The molecule has 4 heteroatoms. The van der Waals surface area contributed by atoms with Gasteiger partial charge in [-0.05, 0) is 38.0 Å². The molecule has 0 N–H and O–H groups in total. The number of carbonyl (C=O) groups excluding carboxylic acids is 1. The first-order chi connectivity index (χ1) is 10.1. The van der Waals surface area contributed by atoms with Gasteiger partial charge < -0.3 is 9.47 Å². The molecule has 4 nitrogen and oxygen atoms in total. The van der Waals surface area contributed by atoms with Crippen LogP contribution in [0.2, 0.25) is 0 Å². The van der Waals surface area contributed by atoms with E-state index < -0.39 is 5.97 Å². The third kappa shape index (κ3) is 3.81. The lowest BCUT2D eigenvalue weighted by Gasteiger charge is -2.13. The molecule has 0 saturated heterocycles. The van der Waals surface area contributed by atoms with Crippen molar-refractivity contribution < 1.29 is 14.3 Å². The van der Waals surface area contributed by atoms with Gasteiger partial charge in [-0.3, -0.25) is 0 Å². The molecule has 0 aliphatic rings. The van der Waals surface area contributed by atoms with Gasteiger partial charge in [0.2, 0.25) is 5.88 Å². The predicted octanol–water partition coefficient (Wildman–Crippen LogP) is 3.45. The van der Waals surface area contributed by atoms with Gasteiger partial charge in [-0.2, -0.15) is 0 Å². The molecule has 0 spiro atoms. The molecule has 21 heavy (non-hydrogen) atoms. The molecule has 110 valence electrons. The number of rotatable bonds is 5. The number of esters is 1. The Hall–Kier alpha value is -2.36. The normalized spacial score (nSPS) is 10.2. The fraction of sp³-hybridized carbons (Fsp3) is 0.294. The van der Waals surface area contributed by atoms with Crippen molar-refractivity contribution in [2.24, 2.45) is 0 Å². The molecular formula is C17H19NO3. The molecule has 0 atom stereocenters. The molecule has 0 unspecified atom stereocenters. The molecule has 0 aliphatic carbocycles. The van der Waals surface area contributed by atoms with Crippen LogP contribution in [0.5, 0.6) is 5.88 Å². The van der Waals surface area contributed by atoms with Crippen LogP contribution in [0.3, 0.4) is 0 Å². The van der Waals surface area contributed by atoms with Crippen molar-refractivity contribution in [1.29, 1.82) is 0 Å². The first kappa shape index (κ1) is 15.0. The van der Waals surface area contributed by atoms with Crippen LogP contribution in [0.4, 0.5) is 0 Å². The lowest BCUT2D eigenvalue weighted by Crippen LogP contribution is -2.12. The molecule has 0 radical (unpaired) electrons. The molecule has 0 aliphatic heterocycles.